The van der Waals surface area contributed by atoms with Gasteiger partial charge in [0.05, 0.1) is 11.4 Å². The molecule has 2 heteroatoms. The van der Waals surface area contributed by atoms with Crippen LogP contribution in [0.25, 0.3) is 121 Å². The summed E-state index contributed by atoms with van der Waals surface area (Å²) in [5.74, 6) is 0.698. The average Bonchev–Trinajstić information content (AvgIpc) is 3.30. The van der Waals surface area contributed by atoms with Crippen molar-refractivity contribution < 1.29 is 0 Å². The maximum atomic E-state index is 5.38. The molecule has 0 saturated carbocycles. The number of hydrogen-bond acceptors (Lipinski definition) is 2. The molecular formula is C56H34N2. The van der Waals surface area contributed by atoms with E-state index in [0.29, 0.717) is 5.82 Å². The Balaban J connectivity index is 1.13. The van der Waals surface area contributed by atoms with Gasteiger partial charge in [-0.3, -0.25) is 0 Å². The Hall–Kier alpha value is -7.68. The molecular weight excluding hydrogens is 701 g/mol. The Morgan fingerprint density at radius 3 is 1.14 bits per heavy atom. The fraction of sp³-hybridized carbons (Fsp3) is 0. The summed E-state index contributed by atoms with van der Waals surface area (Å²) in [5.41, 5.74) is 9.57. The molecule has 12 rings (SSSR count). The maximum absolute atomic E-state index is 5.38. The minimum Gasteiger partial charge on any atom is -0.228 e. The zero-order valence-corrected chi connectivity index (χ0v) is 31.5. The van der Waals surface area contributed by atoms with Crippen LogP contribution in [0.5, 0.6) is 0 Å². The van der Waals surface area contributed by atoms with Crippen molar-refractivity contribution in [1.29, 1.82) is 0 Å². The smallest absolute Gasteiger partial charge is 0.160 e. The number of fused-ring (bicyclic) bond motifs is 2. The monoisotopic (exact) mass is 734 g/mol. The largest absolute Gasteiger partial charge is 0.228 e. The Bertz CT molecular complexity index is 3410. The first-order valence-corrected chi connectivity index (χ1v) is 19.9. The van der Waals surface area contributed by atoms with Crippen LogP contribution in [0, 0.1) is 0 Å². The van der Waals surface area contributed by atoms with Crippen LogP contribution in [-0.4, -0.2) is 9.97 Å². The van der Waals surface area contributed by atoms with Crippen LogP contribution in [0.1, 0.15) is 0 Å². The fourth-order valence-corrected chi connectivity index (χ4v) is 9.21. The molecule has 58 heavy (non-hydrogen) atoms. The third-order valence-electron chi connectivity index (χ3n) is 12.0. The van der Waals surface area contributed by atoms with Crippen molar-refractivity contribution in [2.75, 3.05) is 0 Å². The minimum absolute atomic E-state index is 0.698. The van der Waals surface area contributed by atoms with Gasteiger partial charge in [-0.05, 0) is 105 Å². The van der Waals surface area contributed by atoms with Crippen molar-refractivity contribution in [2.24, 2.45) is 0 Å². The van der Waals surface area contributed by atoms with Gasteiger partial charge in [0.25, 0.3) is 0 Å². The van der Waals surface area contributed by atoms with Crippen LogP contribution in [0.2, 0.25) is 0 Å². The lowest BCUT2D eigenvalue weighted by atomic mass is 9.87. The van der Waals surface area contributed by atoms with E-state index in [1.54, 1.807) is 0 Å². The van der Waals surface area contributed by atoms with E-state index in [0.717, 1.165) is 33.6 Å². The molecule has 0 saturated heterocycles. The highest BCUT2D eigenvalue weighted by Gasteiger charge is 2.18. The molecule has 0 aliphatic rings. The van der Waals surface area contributed by atoms with Crippen LogP contribution in [0.15, 0.2) is 206 Å². The highest BCUT2D eigenvalue weighted by molar-refractivity contribution is 6.37. The molecule has 0 bridgehead atoms. The van der Waals surface area contributed by atoms with Crippen molar-refractivity contribution in [3.63, 3.8) is 0 Å². The van der Waals surface area contributed by atoms with Gasteiger partial charge < -0.3 is 0 Å². The summed E-state index contributed by atoms with van der Waals surface area (Å²) >= 11 is 0. The first-order chi connectivity index (χ1) is 28.7. The first-order valence-electron chi connectivity index (χ1n) is 19.9. The number of nitrogens with zero attached hydrogens (tertiary/aromatic N) is 2. The number of aromatic nitrogens is 2. The summed E-state index contributed by atoms with van der Waals surface area (Å²) in [4.78, 5) is 10.6. The topological polar surface area (TPSA) is 25.8 Å². The van der Waals surface area contributed by atoms with Gasteiger partial charge in [-0.15, -0.1) is 0 Å². The van der Waals surface area contributed by atoms with Gasteiger partial charge in [-0.2, -0.15) is 0 Å². The van der Waals surface area contributed by atoms with Crippen molar-refractivity contribution in [3.8, 4) is 56.2 Å². The molecule has 0 amide bonds. The highest BCUT2D eigenvalue weighted by Crippen LogP contribution is 2.44. The predicted octanol–water partition coefficient (Wildman–Crippen LogP) is 15.2. The molecule has 0 unspecified atom stereocenters. The lowest BCUT2D eigenvalue weighted by Crippen LogP contribution is -1.96. The first kappa shape index (κ1) is 32.6. The van der Waals surface area contributed by atoms with E-state index in [2.05, 4.69) is 206 Å². The van der Waals surface area contributed by atoms with E-state index in [9.17, 15) is 0 Å². The SMILES string of the molecule is c1ccc(-c2ccc(-c3cc(-c4cc5ccc6cccc7c8cccc9ccc%10cccc(c(c4)c5c67)c%10c98)nc(-c4ccc(-c5ccccc5)cc4)n3)cc2)cc1. The van der Waals surface area contributed by atoms with Crippen LogP contribution < -0.4 is 0 Å². The average molecular weight is 735 g/mol. The van der Waals surface area contributed by atoms with Gasteiger partial charge in [0.2, 0.25) is 0 Å². The van der Waals surface area contributed by atoms with Crippen LogP contribution in [0.3, 0.4) is 0 Å². The summed E-state index contributed by atoms with van der Waals surface area (Å²) in [6.07, 6.45) is 0. The van der Waals surface area contributed by atoms with Crippen molar-refractivity contribution in [2.45, 2.75) is 0 Å². The van der Waals surface area contributed by atoms with E-state index in [4.69, 9.17) is 9.97 Å². The normalized spacial score (nSPS) is 11.8. The molecule has 0 fully saturated rings. The molecule has 0 spiro atoms. The Morgan fingerprint density at radius 2 is 0.621 bits per heavy atom. The van der Waals surface area contributed by atoms with Gasteiger partial charge in [-0.25, -0.2) is 9.97 Å². The summed E-state index contributed by atoms with van der Waals surface area (Å²) < 4.78 is 0. The van der Waals surface area contributed by atoms with Crippen LogP contribution in [0.4, 0.5) is 0 Å². The Morgan fingerprint density at radius 1 is 0.224 bits per heavy atom. The van der Waals surface area contributed by atoms with E-state index in [1.165, 1.54) is 81.3 Å². The second-order valence-electron chi connectivity index (χ2n) is 15.3. The lowest BCUT2D eigenvalue weighted by molar-refractivity contribution is 1.18. The number of benzene rings is 10. The number of hydrogen-bond donors (Lipinski definition) is 0. The van der Waals surface area contributed by atoms with Crippen molar-refractivity contribution in [3.05, 3.63) is 206 Å². The summed E-state index contributed by atoms with van der Waals surface area (Å²) in [5, 5.41) is 15.1. The summed E-state index contributed by atoms with van der Waals surface area (Å²) in [6, 6.07) is 74.6. The molecule has 268 valence electrons. The molecule has 0 radical (unpaired) electrons. The molecule has 0 aliphatic carbocycles. The third-order valence-corrected chi connectivity index (χ3v) is 12.0. The zero-order chi connectivity index (χ0) is 38.2. The van der Waals surface area contributed by atoms with Gasteiger partial charge >= 0.3 is 0 Å². The van der Waals surface area contributed by atoms with E-state index < -0.39 is 0 Å². The van der Waals surface area contributed by atoms with Crippen molar-refractivity contribution >= 4 is 64.6 Å². The van der Waals surface area contributed by atoms with Crippen LogP contribution in [-0.2, 0) is 0 Å². The molecule has 1 heterocycles. The quantitative estimate of drug-likeness (QED) is 0.165. The van der Waals surface area contributed by atoms with E-state index in [-0.39, 0.29) is 0 Å². The molecule has 0 N–H and O–H groups in total. The lowest BCUT2D eigenvalue weighted by Gasteiger charge is -2.17. The summed E-state index contributed by atoms with van der Waals surface area (Å²) in [6.45, 7) is 0. The standard InChI is InChI=1S/C56H34N2/c1-3-10-35(11-4-1)37-20-24-39(25-21-37)50-34-51(58-56(57-50)43-29-22-38(23-30-43)36-12-5-2-6-13-36)45-32-44-31-28-42-15-8-18-47-46-17-7-14-40-26-27-41-16-9-19-48(54(41)52(40)46)49(33-45)55(44)53(42)47/h1-34H. The van der Waals surface area contributed by atoms with Gasteiger partial charge in [0.1, 0.15) is 0 Å². The van der Waals surface area contributed by atoms with Crippen molar-refractivity contribution in [1.82, 2.24) is 9.97 Å². The van der Waals surface area contributed by atoms with E-state index >= 15 is 0 Å². The third kappa shape index (κ3) is 5.19. The molecule has 12 aromatic rings. The molecule has 2 nitrogen and oxygen atoms in total. The second-order valence-corrected chi connectivity index (χ2v) is 15.3. The number of rotatable bonds is 5. The molecule has 0 atom stereocenters. The molecule has 0 aliphatic heterocycles. The second kappa shape index (κ2) is 12.9. The Kier molecular flexibility index (Phi) is 7.26. The summed E-state index contributed by atoms with van der Waals surface area (Å²) in [7, 11) is 0. The van der Waals surface area contributed by atoms with Gasteiger partial charge in [-0.1, -0.05) is 188 Å². The van der Waals surface area contributed by atoms with Gasteiger partial charge in [0.15, 0.2) is 5.82 Å². The van der Waals surface area contributed by atoms with E-state index in [1.807, 2.05) is 0 Å². The molecule has 1 aromatic heterocycles. The fourth-order valence-electron chi connectivity index (χ4n) is 9.21. The van der Waals surface area contributed by atoms with Gasteiger partial charge in [0, 0.05) is 16.7 Å². The highest BCUT2D eigenvalue weighted by atomic mass is 14.9. The zero-order valence-electron chi connectivity index (χ0n) is 31.5. The minimum atomic E-state index is 0.698. The predicted molar refractivity (Wildman–Crippen MR) is 245 cm³/mol. The Labute approximate surface area is 335 Å². The molecule has 11 aromatic carbocycles. The van der Waals surface area contributed by atoms with Crippen LogP contribution >= 0.6 is 0 Å². The maximum Gasteiger partial charge on any atom is 0.160 e.